The molecule has 2 N–H and O–H groups in total. The number of pyridine rings is 1. The Bertz CT molecular complexity index is 595. The summed E-state index contributed by atoms with van der Waals surface area (Å²) in [4.78, 5) is 24.9. The number of carbonyl (C=O) groups excluding carboxylic acids is 1. The van der Waals surface area contributed by atoms with Crippen molar-refractivity contribution in [3.05, 3.63) is 24.5 Å². The van der Waals surface area contributed by atoms with E-state index in [1.165, 1.54) is 0 Å². The van der Waals surface area contributed by atoms with Gasteiger partial charge in [0.05, 0.1) is 0 Å². The summed E-state index contributed by atoms with van der Waals surface area (Å²) in [6.07, 6.45) is 5.16. The summed E-state index contributed by atoms with van der Waals surface area (Å²) < 4.78 is 5.51. The molecular weight excluding hydrogens is 332 g/mol. The number of hydrogen-bond donors (Lipinski definition) is 2. The second-order valence-electron chi connectivity index (χ2n) is 6.45. The van der Waals surface area contributed by atoms with E-state index in [1.54, 1.807) is 19.4 Å². The molecule has 0 aliphatic carbocycles. The van der Waals surface area contributed by atoms with Gasteiger partial charge in [0, 0.05) is 71.0 Å². The minimum absolute atomic E-state index is 0.145. The van der Waals surface area contributed by atoms with Gasteiger partial charge in [0.25, 0.3) is 5.91 Å². The number of nitrogens with one attached hydrogen (secondary N) is 2. The van der Waals surface area contributed by atoms with Crippen molar-refractivity contribution in [2.75, 3.05) is 58.2 Å². The Morgan fingerprint density at radius 3 is 2.62 bits per heavy atom. The lowest BCUT2D eigenvalue weighted by Crippen LogP contribution is -2.55. The molecule has 2 aliphatic heterocycles. The van der Waals surface area contributed by atoms with E-state index in [0.717, 1.165) is 50.7 Å². The van der Waals surface area contributed by atoms with Gasteiger partial charge in [0.2, 0.25) is 0 Å². The van der Waals surface area contributed by atoms with Gasteiger partial charge < -0.3 is 25.2 Å². The lowest BCUT2D eigenvalue weighted by atomic mass is 10.2. The maximum absolute atomic E-state index is 12.4. The molecule has 8 heteroatoms. The van der Waals surface area contributed by atoms with Gasteiger partial charge in [0.1, 0.15) is 6.10 Å². The number of anilines is 1. The Labute approximate surface area is 154 Å². The second kappa shape index (κ2) is 9.38. The summed E-state index contributed by atoms with van der Waals surface area (Å²) in [5.41, 5.74) is 1.05. The Morgan fingerprint density at radius 1 is 1.23 bits per heavy atom. The van der Waals surface area contributed by atoms with Gasteiger partial charge in [0.15, 0.2) is 5.96 Å². The normalized spacial score (nSPS) is 21.0. The van der Waals surface area contributed by atoms with Crippen LogP contribution in [-0.4, -0.2) is 85.7 Å². The highest BCUT2D eigenvalue weighted by Gasteiger charge is 2.30. The van der Waals surface area contributed by atoms with Crippen LogP contribution < -0.4 is 10.6 Å². The number of rotatable bonds is 5. The maximum atomic E-state index is 12.4. The van der Waals surface area contributed by atoms with Gasteiger partial charge in [-0.25, -0.2) is 0 Å². The number of amides is 1. The molecule has 2 aliphatic rings. The SMILES string of the molecule is CN=C(NCCNc1ccncc1)N1CCN(C(=O)C2CCCO2)CC1. The van der Waals surface area contributed by atoms with Crippen LogP contribution in [0.5, 0.6) is 0 Å². The van der Waals surface area contributed by atoms with Crippen LogP contribution in [0.4, 0.5) is 5.69 Å². The molecule has 8 nitrogen and oxygen atoms in total. The Balaban J connectivity index is 1.38. The van der Waals surface area contributed by atoms with Crippen LogP contribution in [0.3, 0.4) is 0 Å². The zero-order valence-corrected chi connectivity index (χ0v) is 15.4. The van der Waals surface area contributed by atoms with Crippen molar-refractivity contribution in [2.45, 2.75) is 18.9 Å². The number of piperazine rings is 1. The van der Waals surface area contributed by atoms with E-state index >= 15 is 0 Å². The molecule has 3 heterocycles. The van der Waals surface area contributed by atoms with Crippen LogP contribution in [-0.2, 0) is 9.53 Å². The number of ether oxygens (including phenoxy) is 1. The summed E-state index contributed by atoms with van der Waals surface area (Å²) in [5.74, 6) is 1.03. The molecule has 26 heavy (non-hydrogen) atoms. The third-order valence-electron chi connectivity index (χ3n) is 4.73. The van der Waals surface area contributed by atoms with Crippen molar-refractivity contribution in [1.82, 2.24) is 20.1 Å². The van der Waals surface area contributed by atoms with Gasteiger partial charge in [-0.1, -0.05) is 0 Å². The molecule has 3 rings (SSSR count). The number of carbonyl (C=O) groups is 1. The van der Waals surface area contributed by atoms with Gasteiger partial charge in [-0.05, 0) is 25.0 Å². The van der Waals surface area contributed by atoms with E-state index < -0.39 is 0 Å². The summed E-state index contributed by atoms with van der Waals surface area (Å²) in [7, 11) is 1.79. The monoisotopic (exact) mass is 360 g/mol. The summed E-state index contributed by atoms with van der Waals surface area (Å²) in [5, 5.41) is 6.72. The average molecular weight is 360 g/mol. The summed E-state index contributed by atoms with van der Waals surface area (Å²) >= 11 is 0. The zero-order valence-electron chi connectivity index (χ0n) is 15.4. The molecule has 1 atom stereocenters. The third-order valence-corrected chi connectivity index (χ3v) is 4.73. The average Bonchev–Trinajstić information content (AvgIpc) is 3.23. The van der Waals surface area contributed by atoms with E-state index in [0.29, 0.717) is 19.7 Å². The van der Waals surface area contributed by atoms with Crippen LogP contribution in [0.2, 0.25) is 0 Å². The van der Waals surface area contributed by atoms with Crippen molar-refractivity contribution < 1.29 is 9.53 Å². The summed E-state index contributed by atoms with van der Waals surface area (Å²) in [6, 6.07) is 3.89. The van der Waals surface area contributed by atoms with Crippen molar-refractivity contribution in [3.63, 3.8) is 0 Å². The molecule has 1 aromatic heterocycles. The van der Waals surface area contributed by atoms with Gasteiger partial charge in [-0.3, -0.25) is 14.8 Å². The van der Waals surface area contributed by atoms with Gasteiger partial charge in [-0.15, -0.1) is 0 Å². The van der Waals surface area contributed by atoms with Crippen molar-refractivity contribution in [2.24, 2.45) is 4.99 Å². The van der Waals surface area contributed by atoms with Crippen LogP contribution in [0, 0.1) is 0 Å². The number of hydrogen-bond acceptors (Lipinski definition) is 5. The smallest absolute Gasteiger partial charge is 0.251 e. The van der Waals surface area contributed by atoms with Gasteiger partial charge >= 0.3 is 0 Å². The number of guanidine groups is 1. The number of aliphatic imine (C=N–C) groups is 1. The molecule has 0 saturated carbocycles. The predicted molar refractivity (Wildman–Crippen MR) is 101 cm³/mol. The summed E-state index contributed by atoms with van der Waals surface area (Å²) in [6.45, 7) is 5.28. The van der Waals surface area contributed by atoms with Crippen molar-refractivity contribution in [3.8, 4) is 0 Å². The molecule has 1 amide bonds. The first-order valence-electron chi connectivity index (χ1n) is 9.28. The fraction of sp³-hybridized carbons (Fsp3) is 0.611. The maximum Gasteiger partial charge on any atom is 0.251 e. The molecule has 2 fully saturated rings. The van der Waals surface area contributed by atoms with Gasteiger partial charge in [-0.2, -0.15) is 0 Å². The number of aromatic nitrogens is 1. The molecule has 0 bridgehead atoms. The molecule has 0 radical (unpaired) electrons. The first kappa shape index (κ1) is 18.4. The largest absolute Gasteiger partial charge is 0.383 e. The number of nitrogens with zero attached hydrogens (tertiary/aromatic N) is 4. The first-order chi connectivity index (χ1) is 12.8. The fourth-order valence-corrected chi connectivity index (χ4v) is 3.30. The molecule has 1 unspecified atom stereocenters. The third kappa shape index (κ3) is 4.85. The minimum atomic E-state index is -0.224. The van der Waals surface area contributed by atoms with Crippen molar-refractivity contribution in [1.29, 1.82) is 0 Å². The van der Waals surface area contributed by atoms with Crippen LogP contribution in [0.1, 0.15) is 12.8 Å². The van der Waals surface area contributed by atoms with E-state index in [-0.39, 0.29) is 12.0 Å². The molecule has 142 valence electrons. The minimum Gasteiger partial charge on any atom is -0.383 e. The highest BCUT2D eigenvalue weighted by Crippen LogP contribution is 2.16. The molecule has 1 aromatic rings. The molecular formula is C18H28N6O2. The Kier molecular flexibility index (Phi) is 6.65. The predicted octanol–water partition coefficient (Wildman–Crippen LogP) is 0.392. The fourth-order valence-electron chi connectivity index (χ4n) is 3.30. The van der Waals surface area contributed by atoms with E-state index in [4.69, 9.17) is 4.74 Å². The van der Waals surface area contributed by atoms with E-state index in [2.05, 4.69) is 25.5 Å². The first-order valence-corrected chi connectivity index (χ1v) is 9.28. The highest BCUT2D eigenvalue weighted by atomic mass is 16.5. The van der Waals surface area contributed by atoms with E-state index in [1.807, 2.05) is 17.0 Å². The highest BCUT2D eigenvalue weighted by molar-refractivity contribution is 5.82. The Hall–Kier alpha value is -2.35. The second-order valence-corrected chi connectivity index (χ2v) is 6.45. The van der Waals surface area contributed by atoms with Crippen LogP contribution in [0.15, 0.2) is 29.5 Å². The quantitative estimate of drug-likeness (QED) is 0.449. The Morgan fingerprint density at radius 2 is 1.96 bits per heavy atom. The molecule has 0 aromatic carbocycles. The standard InChI is InChI=1S/C18H28N6O2/c1-19-18(22-9-8-21-15-4-6-20-7-5-15)24-12-10-23(11-13-24)17(25)16-3-2-14-26-16/h4-7,16H,2-3,8-14H2,1H3,(H,19,22)(H,20,21). The lowest BCUT2D eigenvalue weighted by molar-refractivity contribution is -0.142. The molecule has 2 saturated heterocycles. The zero-order chi connectivity index (χ0) is 18.2. The molecule has 0 spiro atoms. The van der Waals surface area contributed by atoms with E-state index in [9.17, 15) is 4.79 Å². The lowest BCUT2D eigenvalue weighted by Gasteiger charge is -2.37. The van der Waals surface area contributed by atoms with Crippen molar-refractivity contribution >= 4 is 17.6 Å². The van der Waals surface area contributed by atoms with Crippen LogP contribution >= 0.6 is 0 Å². The van der Waals surface area contributed by atoms with Crippen LogP contribution in [0.25, 0.3) is 0 Å². The topological polar surface area (TPSA) is 82.1 Å².